The number of benzene rings is 2. The third kappa shape index (κ3) is 5.01. The second kappa shape index (κ2) is 8.17. The highest BCUT2D eigenvalue weighted by atomic mass is 19.4. The topological polar surface area (TPSA) is 73.1 Å². The van der Waals surface area contributed by atoms with Gasteiger partial charge in [0.1, 0.15) is 6.54 Å². The normalized spacial score (nSPS) is 11.3. The summed E-state index contributed by atoms with van der Waals surface area (Å²) in [5.41, 5.74) is -1.20. The first-order chi connectivity index (χ1) is 13.7. The van der Waals surface area contributed by atoms with Crippen molar-refractivity contribution in [3.05, 3.63) is 98.8 Å². The van der Waals surface area contributed by atoms with E-state index in [9.17, 15) is 27.6 Å². The van der Waals surface area contributed by atoms with Gasteiger partial charge in [-0.25, -0.2) is 4.79 Å². The van der Waals surface area contributed by atoms with E-state index in [1.807, 2.05) is 30.3 Å². The Labute approximate surface area is 162 Å². The van der Waals surface area contributed by atoms with Crippen LogP contribution in [0.5, 0.6) is 0 Å². The molecule has 6 nitrogen and oxygen atoms in total. The van der Waals surface area contributed by atoms with Crippen LogP contribution in [0.3, 0.4) is 0 Å². The van der Waals surface area contributed by atoms with Gasteiger partial charge in [0.25, 0.3) is 5.56 Å². The van der Waals surface area contributed by atoms with Crippen molar-refractivity contribution in [1.82, 2.24) is 9.13 Å². The van der Waals surface area contributed by atoms with Crippen molar-refractivity contribution in [2.45, 2.75) is 19.3 Å². The van der Waals surface area contributed by atoms with Crippen LogP contribution in [0.25, 0.3) is 0 Å². The van der Waals surface area contributed by atoms with Gasteiger partial charge in [0.05, 0.1) is 12.1 Å². The number of carbonyl (C=O) groups excluding carboxylic acids is 1. The van der Waals surface area contributed by atoms with Gasteiger partial charge in [0.15, 0.2) is 0 Å². The third-order valence-corrected chi connectivity index (χ3v) is 4.13. The number of anilines is 1. The van der Waals surface area contributed by atoms with Gasteiger partial charge < -0.3 is 5.32 Å². The molecule has 1 heterocycles. The molecular weight excluding hydrogens is 387 g/mol. The number of halogens is 3. The first-order valence-corrected chi connectivity index (χ1v) is 8.55. The number of amides is 1. The molecule has 0 saturated carbocycles. The molecule has 3 aromatic rings. The molecule has 3 rings (SSSR count). The molecule has 1 aromatic heterocycles. The highest BCUT2D eigenvalue weighted by Gasteiger charge is 2.30. The highest BCUT2D eigenvalue weighted by Crippen LogP contribution is 2.29. The first-order valence-electron chi connectivity index (χ1n) is 8.55. The Balaban J connectivity index is 1.75. The van der Waals surface area contributed by atoms with E-state index in [2.05, 4.69) is 5.32 Å². The van der Waals surface area contributed by atoms with Gasteiger partial charge >= 0.3 is 11.9 Å². The minimum absolute atomic E-state index is 0.122. The maximum atomic E-state index is 12.6. The number of aromatic nitrogens is 2. The number of rotatable bonds is 5. The number of nitrogens with zero attached hydrogens (tertiary/aromatic N) is 2. The maximum absolute atomic E-state index is 12.6. The fraction of sp³-hybridized carbons (Fsp3) is 0.150. The van der Waals surface area contributed by atoms with E-state index in [1.54, 1.807) is 0 Å². The monoisotopic (exact) mass is 403 g/mol. The first kappa shape index (κ1) is 20.1. The lowest BCUT2D eigenvalue weighted by Crippen LogP contribution is -2.41. The molecule has 0 aliphatic rings. The Morgan fingerprint density at radius 2 is 1.59 bits per heavy atom. The van der Waals surface area contributed by atoms with Crippen LogP contribution in [0.15, 0.2) is 76.4 Å². The summed E-state index contributed by atoms with van der Waals surface area (Å²) >= 11 is 0. The van der Waals surface area contributed by atoms with E-state index < -0.39 is 35.4 Å². The third-order valence-electron chi connectivity index (χ3n) is 4.13. The average Bonchev–Trinajstić information content (AvgIpc) is 2.68. The Bertz CT molecular complexity index is 1120. The van der Waals surface area contributed by atoms with Crippen LogP contribution in [0, 0.1) is 0 Å². The number of alkyl halides is 3. The fourth-order valence-electron chi connectivity index (χ4n) is 2.69. The van der Waals surface area contributed by atoms with Crippen LogP contribution in [0.1, 0.15) is 11.1 Å². The molecule has 0 unspecified atom stereocenters. The van der Waals surface area contributed by atoms with Crippen molar-refractivity contribution in [2.24, 2.45) is 0 Å². The summed E-state index contributed by atoms with van der Waals surface area (Å²) in [5.74, 6) is -0.707. The van der Waals surface area contributed by atoms with Gasteiger partial charge in [-0.2, -0.15) is 13.2 Å². The SMILES string of the molecule is O=C(Cn1c(=O)ccn(Cc2ccccc2)c1=O)Nc1ccc(C(F)(F)F)cc1. The van der Waals surface area contributed by atoms with Crippen LogP contribution >= 0.6 is 0 Å². The lowest BCUT2D eigenvalue weighted by molar-refractivity contribution is -0.137. The molecule has 0 spiro atoms. The second-order valence-electron chi connectivity index (χ2n) is 6.26. The zero-order chi connectivity index (χ0) is 21.0. The van der Waals surface area contributed by atoms with Gasteiger partial charge in [0.2, 0.25) is 5.91 Å². The largest absolute Gasteiger partial charge is 0.416 e. The maximum Gasteiger partial charge on any atom is 0.416 e. The zero-order valence-corrected chi connectivity index (χ0v) is 15.0. The summed E-state index contributed by atoms with van der Waals surface area (Å²) in [6.07, 6.45) is -3.13. The molecule has 0 aliphatic carbocycles. The van der Waals surface area contributed by atoms with Gasteiger partial charge in [-0.05, 0) is 29.8 Å². The molecule has 2 aromatic carbocycles. The highest BCUT2D eigenvalue weighted by molar-refractivity contribution is 5.90. The minimum atomic E-state index is -4.48. The Hall–Kier alpha value is -3.62. The summed E-state index contributed by atoms with van der Waals surface area (Å²) in [6.45, 7) is -0.338. The molecule has 150 valence electrons. The van der Waals surface area contributed by atoms with Crippen molar-refractivity contribution in [1.29, 1.82) is 0 Å². The second-order valence-corrected chi connectivity index (χ2v) is 6.26. The molecule has 0 atom stereocenters. The molecule has 9 heteroatoms. The number of nitrogens with one attached hydrogen (secondary N) is 1. The van der Waals surface area contributed by atoms with E-state index in [0.29, 0.717) is 0 Å². The average molecular weight is 403 g/mol. The van der Waals surface area contributed by atoms with Crippen molar-refractivity contribution in [3.63, 3.8) is 0 Å². The van der Waals surface area contributed by atoms with Gasteiger partial charge in [-0.15, -0.1) is 0 Å². The molecule has 0 fully saturated rings. The van der Waals surface area contributed by atoms with Crippen LogP contribution in [0.4, 0.5) is 18.9 Å². The summed E-state index contributed by atoms with van der Waals surface area (Å²) in [5, 5.41) is 2.38. The Morgan fingerprint density at radius 1 is 0.931 bits per heavy atom. The van der Waals surface area contributed by atoms with E-state index >= 15 is 0 Å². The standard InChI is InChI=1S/C20H16F3N3O3/c21-20(22,23)15-6-8-16(9-7-15)24-17(27)13-26-18(28)10-11-25(19(26)29)12-14-4-2-1-3-5-14/h1-11H,12-13H2,(H,24,27). The van der Waals surface area contributed by atoms with Crippen molar-refractivity contribution in [2.75, 3.05) is 5.32 Å². The van der Waals surface area contributed by atoms with Crippen LogP contribution in [0.2, 0.25) is 0 Å². The van der Waals surface area contributed by atoms with Gasteiger partial charge in [-0.3, -0.25) is 18.7 Å². The van der Waals surface area contributed by atoms with E-state index in [1.165, 1.54) is 16.8 Å². The van der Waals surface area contributed by atoms with Crippen molar-refractivity contribution in [3.8, 4) is 0 Å². The molecule has 29 heavy (non-hydrogen) atoms. The molecule has 0 bridgehead atoms. The number of hydrogen-bond donors (Lipinski definition) is 1. The predicted molar refractivity (Wildman–Crippen MR) is 101 cm³/mol. The predicted octanol–water partition coefficient (Wildman–Crippen LogP) is 2.72. The molecular formula is C20H16F3N3O3. The zero-order valence-electron chi connectivity index (χ0n) is 15.0. The Morgan fingerprint density at radius 3 is 2.21 bits per heavy atom. The van der Waals surface area contributed by atoms with E-state index in [0.717, 1.165) is 34.4 Å². The summed E-state index contributed by atoms with van der Waals surface area (Å²) < 4.78 is 39.8. The molecule has 0 aliphatic heterocycles. The van der Waals surface area contributed by atoms with Crippen LogP contribution in [-0.2, 0) is 24.1 Å². The fourth-order valence-corrected chi connectivity index (χ4v) is 2.69. The quantitative estimate of drug-likeness (QED) is 0.712. The van der Waals surface area contributed by atoms with E-state index in [-0.39, 0.29) is 12.2 Å². The Kier molecular flexibility index (Phi) is 5.67. The molecule has 1 amide bonds. The molecule has 0 radical (unpaired) electrons. The number of hydrogen-bond acceptors (Lipinski definition) is 3. The smallest absolute Gasteiger partial charge is 0.325 e. The van der Waals surface area contributed by atoms with Crippen molar-refractivity contribution >= 4 is 11.6 Å². The lowest BCUT2D eigenvalue weighted by Gasteiger charge is -2.11. The summed E-state index contributed by atoms with van der Waals surface area (Å²) in [6, 6.07) is 14.1. The van der Waals surface area contributed by atoms with Crippen molar-refractivity contribution < 1.29 is 18.0 Å². The minimum Gasteiger partial charge on any atom is -0.325 e. The number of carbonyl (C=O) groups is 1. The summed E-state index contributed by atoms with van der Waals surface area (Å²) in [7, 11) is 0. The molecule has 1 N–H and O–H groups in total. The summed E-state index contributed by atoms with van der Waals surface area (Å²) in [4.78, 5) is 36.8. The molecule has 0 saturated heterocycles. The van der Waals surface area contributed by atoms with Gasteiger partial charge in [-0.1, -0.05) is 30.3 Å². The van der Waals surface area contributed by atoms with E-state index in [4.69, 9.17) is 0 Å². The van der Waals surface area contributed by atoms with Gasteiger partial charge in [0, 0.05) is 18.0 Å². The lowest BCUT2D eigenvalue weighted by atomic mass is 10.2. The van der Waals surface area contributed by atoms with Crippen LogP contribution < -0.4 is 16.6 Å². The van der Waals surface area contributed by atoms with Crippen LogP contribution in [-0.4, -0.2) is 15.0 Å².